The van der Waals surface area contributed by atoms with Crippen molar-refractivity contribution < 1.29 is 0 Å². The van der Waals surface area contributed by atoms with Crippen LogP contribution in [0.3, 0.4) is 0 Å². The first-order chi connectivity index (χ1) is 10.2. The molecule has 0 N–H and O–H groups in total. The lowest BCUT2D eigenvalue weighted by Gasteiger charge is -2.25. The van der Waals surface area contributed by atoms with E-state index < -0.39 is 0 Å². The molecular weight excluding hydrogens is 264 g/mol. The molecule has 0 atom stereocenters. The predicted molar refractivity (Wildman–Crippen MR) is 98.3 cm³/mol. The Kier molecular flexibility index (Phi) is 3.26. The Hall–Kier alpha value is -1.30. The first kappa shape index (κ1) is 15.6. The van der Waals surface area contributed by atoms with Crippen molar-refractivity contribution in [3.63, 3.8) is 0 Å². The molecule has 0 nitrogen and oxygen atoms in total. The van der Waals surface area contributed by atoms with E-state index in [-0.39, 0.29) is 10.8 Å². The Morgan fingerprint density at radius 1 is 0.682 bits per heavy atom. The maximum Gasteiger partial charge on any atom is 0.0115 e. The van der Waals surface area contributed by atoms with Gasteiger partial charge in [-0.05, 0) is 72.2 Å². The fraction of sp³-hybridized carbons (Fsp3) is 0.545. The fourth-order valence-electron chi connectivity index (χ4n) is 4.61. The molecule has 2 aliphatic carbocycles. The van der Waals surface area contributed by atoms with E-state index in [1.165, 1.54) is 22.3 Å². The first-order valence-corrected chi connectivity index (χ1v) is 8.78. The van der Waals surface area contributed by atoms with Gasteiger partial charge >= 0.3 is 0 Å². The van der Waals surface area contributed by atoms with Gasteiger partial charge in [-0.25, -0.2) is 0 Å². The van der Waals surface area contributed by atoms with Crippen molar-refractivity contribution in [2.75, 3.05) is 0 Å². The number of hydrogen-bond donors (Lipinski definition) is 0. The molecular formula is C22H30. The highest BCUT2D eigenvalue weighted by molar-refractivity contribution is 5.86. The van der Waals surface area contributed by atoms with E-state index in [0.29, 0.717) is 0 Å². The molecule has 22 heavy (non-hydrogen) atoms. The van der Waals surface area contributed by atoms with Gasteiger partial charge in [0.1, 0.15) is 0 Å². The van der Waals surface area contributed by atoms with Gasteiger partial charge in [-0.1, -0.05) is 52.7 Å². The third-order valence-corrected chi connectivity index (χ3v) is 6.64. The summed E-state index contributed by atoms with van der Waals surface area (Å²) in [6.07, 6.45) is 2.27. The number of allylic oxidation sites excluding steroid dienone is 4. The summed E-state index contributed by atoms with van der Waals surface area (Å²) in [4.78, 5) is 0. The van der Waals surface area contributed by atoms with Crippen LogP contribution in [0.1, 0.15) is 90.5 Å². The number of hydrogen-bond acceptors (Lipinski definition) is 0. The Labute approximate surface area is 136 Å². The van der Waals surface area contributed by atoms with Crippen LogP contribution in [-0.4, -0.2) is 0 Å². The summed E-state index contributed by atoms with van der Waals surface area (Å²) >= 11 is 0. The van der Waals surface area contributed by atoms with E-state index >= 15 is 0 Å². The van der Waals surface area contributed by atoms with Crippen LogP contribution in [-0.2, 0) is 10.8 Å². The second kappa shape index (κ2) is 4.60. The van der Waals surface area contributed by atoms with Gasteiger partial charge in [-0.15, -0.1) is 0 Å². The molecule has 0 unspecified atom stereocenters. The molecule has 1 aromatic carbocycles. The molecule has 0 amide bonds. The van der Waals surface area contributed by atoms with Gasteiger partial charge in [0.05, 0.1) is 0 Å². The lowest BCUT2D eigenvalue weighted by Crippen LogP contribution is -2.18. The molecule has 0 aliphatic heterocycles. The van der Waals surface area contributed by atoms with Crippen molar-refractivity contribution in [1.29, 1.82) is 0 Å². The molecule has 2 aliphatic rings. The van der Waals surface area contributed by atoms with Crippen LogP contribution < -0.4 is 0 Å². The van der Waals surface area contributed by atoms with Crippen molar-refractivity contribution >= 4 is 11.1 Å². The lowest BCUT2D eigenvalue weighted by atomic mass is 9.78. The van der Waals surface area contributed by atoms with Crippen molar-refractivity contribution in [3.8, 4) is 0 Å². The summed E-state index contributed by atoms with van der Waals surface area (Å²) in [5.41, 5.74) is 12.7. The Morgan fingerprint density at radius 3 is 1.27 bits per heavy atom. The van der Waals surface area contributed by atoms with Gasteiger partial charge in [0.25, 0.3) is 0 Å². The van der Waals surface area contributed by atoms with Gasteiger partial charge in [0, 0.05) is 10.8 Å². The van der Waals surface area contributed by atoms with Gasteiger partial charge in [0.15, 0.2) is 0 Å². The Bertz CT molecular complexity index is 657. The maximum atomic E-state index is 2.52. The average molecular weight is 294 g/mol. The third-order valence-electron chi connectivity index (χ3n) is 6.64. The van der Waals surface area contributed by atoms with Crippen LogP contribution in [0.25, 0.3) is 11.1 Å². The highest BCUT2D eigenvalue weighted by Gasteiger charge is 2.40. The zero-order valence-corrected chi connectivity index (χ0v) is 15.6. The Morgan fingerprint density at radius 2 is 1.00 bits per heavy atom. The number of benzene rings is 1. The SMILES string of the molecule is CCC1=C(C)C(C)(C)c2cc3c(cc21)C(C)(C)C(C)=C3CC. The molecule has 118 valence electrons. The van der Waals surface area contributed by atoms with Crippen LogP contribution in [0, 0.1) is 0 Å². The van der Waals surface area contributed by atoms with E-state index in [0.717, 1.165) is 12.8 Å². The summed E-state index contributed by atoms with van der Waals surface area (Å²) < 4.78 is 0. The molecule has 3 rings (SSSR count). The van der Waals surface area contributed by atoms with Gasteiger partial charge in [0.2, 0.25) is 0 Å². The molecule has 0 heterocycles. The quantitative estimate of drug-likeness (QED) is 0.574. The summed E-state index contributed by atoms with van der Waals surface area (Å²) in [5, 5.41) is 0. The lowest BCUT2D eigenvalue weighted by molar-refractivity contribution is 0.628. The zero-order valence-electron chi connectivity index (χ0n) is 15.6. The third kappa shape index (κ3) is 1.70. The van der Waals surface area contributed by atoms with Crippen LogP contribution >= 0.6 is 0 Å². The van der Waals surface area contributed by atoms with E-state index in [1.54, 1.807) is 22.3 Å². The van der Waals surface area contributed by atoms with Crippen molar-refractivity contribution in [2.45, 2.75) is 79.1 Å². The van der Waals surface area contributed by atoms with Crippen LogP contribution in [0.2, 0.25) is 0 Å². The van der Waals surface area contributed by atoms with Crippen LogP contribution in [0.15, 0.2) is 23.3 Å². The predicted octanol–water partition coefficient (Wildman–Crippen LogP) is 6.64. The summed E-state index contributed by atoms with van der Waals surface area (Å²) in [6.45, 7) is 18.8. The second-order valence-corrected chi connectivity index (χ2v) is 8.11. The zero-order chi connectivity index (χ0) is 16.4. The molecule has 0 heteroatoms. The second-order valence-electron chi connectivity index (χ2n) is 8.11. The molecule has 0 bridgehead atoms. The monoisotopic (exact) mass is 294 g/mol. The Balaban J connectivity index is 2.33. The van der Waals surface area contributed by atoms with Gasteiger partial charge in [-0.3, -0.25) is 0 Å². The molecule has 0 radical (unpaired) electrons. The topological polar surface area (TPSA) is 0 Å². The fourth-order valence-corrected chi connectivity index (χ4v) is 4.61. The van der Waals surface area contributed by atoms with E-state index in [1.807, 2.05) is 0 Å². The molecule has 0 aromatic heterocycles. The largest absolute Gasteiger partial charge is 0.0613 e. The summed E-state index contributed by atoms with van der Waals surface area (Å²) in [6, 6.07) is 5.04. The standard InChI is InChI=1S/C22H30/c1-9-15-13(3)21(5,6)19-12-18-16(10-2)14(4)22(7,8)20(18)11-17(15)19/h11-12H,9-10H2,1-8H3. The maximum absolute atomic E-state index is 2.52. The molecule has 1 aromatic rings. The minimum atomic E-state index is 0.176. The highest BCUT2D eigenvalue weighted by atomic mass is 14.4. The highest BCUT2D eigenvalue weighted by Crippen LogP contribution is 2.53. The van der Waals surface area contributed by atoms with E-state index in [9.17, 15) is 0 Å². The average Bonchev–Trinajstić information content (AvgIpc) is 2.77. The van der Waals surface area contributed by atoms with Crippen molar-refractivity contribution in [3.05, 3.63) is 45.5 Å². The molecule has 0 saturated carbocycles. The normalized spacial score (nSPS) is 21.5. The smallest absolute Gasteiger partial charge is 0.0115 e. The number of rotatable bonds is 2. The van der Waals surface area contributed by atoms with Crippen molar-refractivity contribution in [2.24, 2.45) is 0 Å². The first-order valence-electron chi connectivity index (χ1n) is 8.78. The van der Waals surface area contributed by atoms with Gasteiger partial charge in [-0.2, -0.15) is 0 Å². The number of fused-ring (bicyclic) bond motifs is 2. The molecule has 0 fully saturated rings. The summed E-state index contributed by atoms with van der Waals surface area (Å²) in [7, 11) is 0. The molecule has 0 spiro atoms. The minimum absolute atomic E-state index is 0.176. The van der Waals surface area contributed by atoms with Crippen molar-refractivity contribution in [1.82, 2.24) is 0 Å². The van der Waals surface area contributed by atoms with E-state index in [2.05, 4.69) is 67.5 Å². The molecule has 0 saturated heterocycles. The van der Waals surface area contributed by atoms with Crippen LogP contribution in [0.4, 0.5) is 0 Å². The van der Waals surface area contributed by atoms with Crippen LogP contribution in [0.5, 0.6) is 0 Å². The minimum Gasteiger partial charge on any atom is -0.0613 e. The van der Waals surface area contributed by atoms with E-state index in [4.69, 9.17) is 0 Å². The van der Waals surface area contributed by atoms with Gasteiger partial charge < -0.3 is 0 Å². The summed E-state index contributed by atoms with van der Waals surface area (Å²) in [5.74, 6) is 0.